The van der Waals surface area contributed by atoms with Crippen molar-refractivity contribution in [2.75, 3.05) is 25.0 Å². The van der Waals surface area contributed by atoms with Gasteiger partial charge in [-0.15, -0.1) is 0 Å². The second-order valence-corrected chi connectivity index (χ2v) is 7.51. The quantitative estimate of drug-likeness (QED) is 0.713. The first-order valence-corrected chi connectivity index (χ1v) is 10.1. The normalized spacial score (nSPS) is 18.2. The molecule has 0 bridgehead atoms. The van der Waals surface area contributed by atoms with E-state index in [1.807, 2.05) is 53.4 Å². The third-order valence-corrected chi connectivity index (χ3v) is 5.61. The molecule has 2 amide bonds. The van der Waals surface area contributed by atoms with Crippen molar-refractivity contribution in [1.29, 1.82) is 0 Å². The van der Waals surface area contributed by atoms with Crippen LogP contribution in [0.1, 0.15) is 30.1 Å². The van der Waals surface area contributed by atoms with Crippen molar-refractivity contribution < 1.29 is 9.53 Å². The Labute approximate surface area is 169 Å². The fraction of sp³-hybridized carbons (Fsp3) is 0.318. The Kier molecular flexibility index (Phi) is 4.63. The van der Waals surface area contributed by atoms with Crippen molar-refractivity contribution in [3.63, 3.8) is 0 Å². The maximum Gasteiger partial charge on any atom is 0.321 e. The van der Waals surface area contributed by atoms with E-state index in [4.69, 9.17) is 4.74 Å². The predicted molar refractivity (Wildman–Crippen MR) is 110 cm³/mol. The molecular formula is C22H23N5O2. The smallest absolute Gasteiger partial charge is 0.321 e. The molecule has 3 aromatic rings. The molecule has 148 valence electrons. The second-order valence-electron chi connectivity index (χ2n) is 7.51. The summed E-state index contributed by atoms with van der Waals surface area (Å²) < 4.78 is 5.60. The largest absolute Gasteiger partial charge is 0.493 e. The van der Waals surface area contributed by atoms with Crippen LogP contribution in [0.15, 0.2) is 48.5 Å². The molecule has 5 rings (SSSR count). The highest BCUT2D eigenvalue weighted by Gasteiger charge is 2.28. The van der Waals surface area contributed by atoms with Gasteiger partial charge in [-0.1, -0.05) is 36.4 Å². The van der Waals surface area contributed by atoms with Crippen LogP contribution in [0.5, 0.6) is 5.75 Å². The van der Waals surface area contributed by atoms with Crippen molar-refractivity contribution in [1.82, 2.24) is 20.1 Å². The highest BCUT2D eigenvalue weighted by molar-refractivity contribution is 5.90. The average molecular weight is 389 g/mol. The van der Waals surface area contributed by atoms with Gasteiger partial charge in [-0.2, -0.15) is 5.10 Å². The minimum atomic E-state index is -0.0715. The highest BCUT2D eigenvalue weighted by atomic mass is 16.5. The van der Waals surface area contributed by atoms with Crippen molar-refractivity contribution >= 4 is 11.7 Å². The number of hydrogen-bond acceptors (Lipinski definition) is 4. The first-order chi connectivity index (χ1) is 14.3. The zero-order valence-electron chi connectivity index (χ0n) is 16.1. The zero-order valence-corrected chi connectivity index (χ0v) is 16.1. The Balaban J connectivity index is 1.28. The molecule has 29 heavy (non-hydrogen) atoms. The number of hydrogen-bond donors (Lipinski definition) is 2. The molecule has 1 unspecified atom stereocenters. The van der Waals surface area contributed by atoms with Gasteiger partial charge in [-0.3, -0.25) is 5.10 Å². The van der Waals surface area contributed by atoms with E-state index in [1.165, 1.54) is 0 Å². The van der Waals surface area contributed by atoms with Crippen LogP contribution in [0.2, 0.25) is 0 Å². The number of aromatic amines is 1. The molecule has 1 aromatic heterocycles. The van der Waals surface area contributed by atoms with Crippen LogP contribution in [0, 0.1) is 0 Å². The van der Waals surface area contributed by atoms with Gasteiger partial charge in [0.1, 0.15) is 11.6 Å². The lowest BCUT2D eigenvalue weighted by Gasteiger charge is -2.31. The predicted octanol–water partition coefficient (Wildman–Crippen LogP) is 3.82. The molecule has 0 radical (unpaired) electrons. The molecule has 7 nitrogen and oxygen atoms in total. The number of carbonyl (C=O) groups excluding carboxylic acids is 1. The number of urea groups is 1. The molecule has 0 saturated carbocycles. The summed E-state index contributed by atoms with van der Waals surface area (Å²) in [5, 5.41) is 10.5. The fourth-order valence-electron chi connectivity index (χ4n) is 4.09. The number of amides is 2. The van der Waals surface area contributed by atoms with Gasteiger partial charge in [0.05, 0.1) is 6.61 Å². The van der Waals surface area contributed by atoms with E-state index in [9.17, 15) is 4.79 Å². The number of anilines is 1. The first kappa shape index (κ1) is 17.7. The van der Waals surface area contributed by atoms with Crippen molar-refractivity contribution in [2.24, 2.45) is 0 Å². The summed E-state index contributed by atoms with van der Waals surface area (Å²) in [6.45, 7) is 2.04. The molecule has 0 spiro atoms. The lowest BCUT2D eigenvalue weighted by Crippen LogP contribution is -2.42. The number of carbonyl (C=O) groups is 1. The maximum absolute atomic E-state index is 12.9. The zero-order chi connectivity index (χ0) is 19.6. The number of likely N-dealkylation sites (tertiary alicyclic amines) is 1. The molecule has 2 aliphatic rings. The second kappa shape index (κ2) is 7.58. The van der Waals surface area contributed by atoms with Gasteiger partial charge in [0, 0.05) is 42.2 Å². The minimum Gasteiger partial charge on any atom is -0.493 e. The molecule has 0 aliphatic carbocycles. The van der Waals surface area contributed by atoms with E-state index >= 15 is 0 Å². The lowest BCUT2D eigenvalue weighted by atomic mass is 9.97. The van der Waals surface area contributed by atoms with E-state index in [1.54, 1.807) is 0 Å². The van der Waals surface area contributed by atoms with Gasteiger partial charge in [-0.05, 0) is 25.0 Å². The van der Waals surface area contributed by atoms with Crippen molar-refractivity contribution in [3.8, 4) is 17.1 Å². The topological polar surface area (TPSA) is 83.1 Å². The van der Waals surface area contributed by atoms with E-state index < -0.39 is 0 Å². The van der Waals surface area contributed by atoms with Crippen LogP contribution in [0.25, 0.3) is 11.4 Å². The third kappa shape index (κ3) is 3.55. The number of nitrogens with zero attached hydrogens (tertiary/aromatic N) is 3. The number of benzene rings is 2. The van der Waals surface area contributed by atoms with E-state index in [0.717, 1.165) is 54.2 Å². The van der Waals surface area contributed by atoms with Crippen molar-refractivity contribution in [3.05, 3.63) is 59.9 Å². The van der Waals surface area contributed by atoms with E-state index in [2.05, 4.69) is 20.5 Å². The Morgan fingerprint density at radius 2 is 2.07 bits per heavy atom. The number of H-pyrrole nitrogens is 1. The number of nitrogens with one attached hydrogen (secondary N) is 2. The molecule has 2 aromatic carbocycles. The number of fused-ring (bicyclic) bond motifs is 1. The highest BCUT2D eigenvalue weighted by Crippen LogP contribution is 2.32. The molecule has 1 saturated heterocycles. The van der Waals surface area contributed by atoms with Crippen LogP contribution in [0.4, 0.5) is 10.5 Å². The summed E-state index contributed by atoms with van der Waals surface area (Å²) in [5.74, 6) is 2.57. The van der Waals surface area contributed by atoms with Crippen LogP contribution in [0.3, 0.4) is 0 Å². The van der Waals surface area contributed by atoms with Gasteiger partial charge in [0.2, 0.25) is 0 Å². The number of aromatic nitrogens is 3. The summed E-state index contributed by atoms with van der Waals surface area (Å²) in [6.07, 6.45) is 2.76. The Bertz CT molecular complexity index is 1020. The Morgan fingerprint density at radius 3 is 2.97 bits per heavy atom. The molecule has 1 atom stereocenters. The molecular weight excluding hydrogens is 366 g/mol. The van der Waals surface area contributed by atoms with E-state index in [-0.39, 0.29) is 11.9 Å². The molecule has 2 N–H and O–H groups in total. The Morgan fingerprint density at radius 1 is 1.17 bits per heavy atom. The summed E-state index contributed by atoms with van der Waals surface area (Å²) in [7, 11) is 0. The summed E-state index contributed by atoms with van der Waals surface area (Å²) in [4.78, 5) is 19.5. The maximum atomic E-state index is 12.9. The monoisotopic (exact) mass is 389 g/mol. The third-order valence-electron chi connectivity index (χ3n) is 5.61. The number of piperidine rings is 1. The fourth-order valence-corrected chi connectivity index (χ4v) is 4.09. The summed E-state index contributed by atoms with van der Waals surface area (Å²) in [6, 6.07) is 15.6. The van der Waals surface area contributed by atoms with Crippen LogP contribution >= 0.6 is 0 Å². The number of ether oxygens (including phenoxy) is 1. The van der Waals surface area contributed by atoms with Gasteiger partial charge in [0.25, 0.3) is 0 Å². The molecule has 2 aliphatic heterocycles. The number of rotatable bonds is 3. The molecule has 1 fully saturated rings. The van der Waals surface area contributed by atoms with Gasteiger partial charge < -0.3 is 15.0 Å². The lowest BCUT2D eigenvalue weighted by molar-refractivity contribution is 0.191. The van der Waals surface area contributed by atoms with Crippen LogP contribution < -0.4 is 10.1 Å². The van der Waals surface area contributed by atoms with Crippen LogP contribution in [-0.4, -0.2) is 45.8 Å². The van der Waals surface area contributed by atoms with Crippen LogP contribution in [-0.2, 0) is 6.42 Å². The standard InChI is InChI=1S/C22H23N5O2/c28-22(23-18-9-4-10-19-17(18)11-13-29-19)27-12-5-8-16(14-27)21-24-20(25-26-21)15-6-2-1-3-7-15/h1-4,6-7,9-10,16H,5,8,11-14H2,(H,23,28)(H,24,25,26). The summed E-state index contributed by atoms with van der Waals surface area (Å²) in [5.41, 5.74) is 2.91. The molecule has 3 heterocycles. The van der Waals surface area contributed by atoms with Gasteiger partial charge >= 0.3 is 6.03 Å². The first-order valence-electron chi connectivity index (χ1n) is 10.1. The Hall–Kier alpha value is -3.35. The van der Waals surface area contributed by atoms with E-state index in [0.29, 0.717) is 19.0 Å². The van der Waals surface area contributed by atoms with Crippen molar-refractivity contribution in [2.45, 2.75) is 25.2 Å². The SMILES string of the molecule is O=C(Nc1cccc2c1CCO2)N1CCCC(c2nc(-c3ccccc3)n[nH]2)C1. The van der Waals surface area contributed by atoms with Gasteiger partial charge in [-0.25, -0.2) is 9.78 Å². The summed E-state index contributed by atoms with van der Waals surface area (Å²) >= 11 is 0. The average Bonchev–Trinajstić information content (AvgIpc) is 3.45. The molecule has 7 heteroatoms. The minimum absolute atomic E-state index is 0.0715. The van der Waals surface area contributed by atoms with Gasteiger partial charge in [0.15, 0.2) is 5.82 Å².